The van der Waals surface area contributed by atoms with E-state index in [2.05, 4.69) is 15.6 Å². The SMILES string of the molecule is CCNC(=NCC(C)(O)c1ccccc1)NCC(OC)c1ccccc1. The highest BCUT2D eigenvalue weighted by molar-refractivity contribution is 5.79. The van der Waals surface area contributed by atoms with Crippen LogP contribution in [0.2, 0.25) is 0 Å². The number of nitrogens with zero attached hydrogens (tertiary/aromatic N) is 1. The summed E-state index contributed by atoms with van der Waals surface area (Å²) in [5.74, 6) is 0.654. The van der Waals surface area contributed by atoms with Crippen molar-refractivity contribution in [3.63, 3.8) is 0 Å². The molecule has 140 valence electrons. The summed E-state index contributed by atoms with van der Waals surface area (Å²) in [6, 6.07) is 19.7. The number of ether oxygens (including phenoxy) is 1. The molecule has 5 nitrogen and oxygen atoms in total. The van der Waals surface area contributed by atoms with Crippen LogP contribution in [-0.2, 0) is 10.3 Å². The third-order valence-electron chi connectivity index (χ3n) is 4.20. The van der Waals surface area contributed by atoms with Crippen molar-refractivity contribution in [2.24, 2.45) is 4.99 Å². The van der Waals surface area contributed by atoms with Gasteiger partial charge in [-0.3, -0.25) is 0 Å². The van der Waals surface area contributed by atoms with E-state index in [1.54, 1.807) is 14.0 Å². The number of nitrogens with one attached hydrogen (secondary N) is 2. The lowest BCUT2D eigenvalue weighted by molar-refractivity contribution is 0.0671. The van der Waals surface area contributed by atoms with Crippen molar-refractivity contribution in [3.8, 4) is 0 Å². The molecule has 0 radical (unpaired) electrons. The summed E-state index contributed by atoms with van der Waals surface area (Å²) in [6.07, 6.45) is -0.0744. The largest absolute Gasteiger partial charge is 0.384 e. The lowest BCUT2D eigenvalue weighted by atomic mass is 9.96. The molecule has 0 saturated heterocycles. The number of methoxy groups -OCH3 is 1. The number of benzene rings is 2. The number of guanidine groups is 1. The number of aliphatic hydroxyl groups is 1. The van der Waals surface area contributed by atoms with Crippen LogP contribution in [0.1, 0.15) is 31.1 Å². The van der Waals surface area contributed by atoms with Crippen molar-refractivity contribution in [3.05, 3.63) is 71.8 Å². The summed E-state index contributed by atoms with van der Waals surface area (Å²) in [7, 11) is 1.70. The van der Waals surface area contributed by atoms with Crippen LogP contribution in [0.3, 0.4) is 0 Å². The molecule has 0 aliphatic carbocycles. The molecule has 0 aliphatic rings. The van der Waals surface area contributed by atoms with Crippen LogP contribution in [0.25, 0.3) is 0 Å². The van der Waals surface area contributed by atoms with Crippen LogP contribution in [0.4, 0.5) is 0 Å². The summed E-state index contributed by atoms with van der Waals surface area (Å²) in [6.45, 7) is 5.37. The number of hydrogen-bond acceptors (Lipinski definition) is 3. The molecule has 0 aromatic heterocycles. The van der Waals surface area contributed by atoms with Gasteiger partial charge in [0.1, 0.15) is 5.60 Å². The third-order valence-corrected chi connectivity index (χ3v) is 4.20. The van der Waals surface area contributed by atoms with Gasteiger partial charge >= 0.3 is 0 Å². The van der Waals surface area contributed by atoms with Crippen molar-refractivity contribution in [1.82, 2.24) is 10.6 Å². The Morgan fingerprint density at radius 2 is 1.69 bits per heavy atom. The molecule has 2 aromatic rings. The molecule has 2 rings (SSSR count). The molecule has 0 fully saturated rings. The number of rotatable bonds is 8. The maximum absolute atomic E-state index is 10.7. The second-order valence-electron chi connectivity index (χ2n) is 6.35. The fraction of sp³-hybridized carbons (Fsp3) is 0.381. The van der Waals surface area contributed by atoms with Gasteiger partial charge in [-0.2, -0.15) is 0 Å². The molecular weight excluding hydrogens is 326 g/mol. The van der Waals surface area contributed by atoms with Gasteiger partial charge in [0, 0.05) is 20.2 Å². The highest BCUT2D eigenvalue weighted by atomic mass is 16.5. The second-order valence-corrected chi connectivity index (χ2v) is 6.35. The first-order chi connectivity index (χ1) is 12.6. The molecule has 0 spiro atoms. The lowest BCUT2D eigenvalue weighted by Crippen LogP contribution is -2.40. The van der Waals surface area contributed by atoms with E-state index in [1.165, 1.54) is 0 Å². The predicted molar refractivity (Wildman–Crippen MR) is 106 cm³/mol. The third kappa shape index (κ3) is 5.86. The molecule has 2 unspecified atom stereocenters. The van der Waals surface area contributed by atoms with Gasteiger partial charge in [-0.1, -0.05) is 60.7 Å². The van der Waals surface area contributed by atoms with Gasteiger partial charge in [0.05, 0.1) is 12.6 Å². The van der Waals surface area contributed by atoms with Crippen LogP contribution in [-0.4, -0.2) is 37.8 Å². The minimum atomic E-state index is -1.02. The van der Waals surface area contributed by atoms with Gasteiger partial charge in [0.25, 0.3) is 0 Å². The van der Waals surface area contributed by atoms with E-state index in [9.17, 15) is 5.11 Å². The molecule has 0 saturated carbocycles. The Hall–Kier alpha value is -2.37. The van der Waals surface area contributed by atoms with Crippen molar-refractivity contribution in [2.75, 3.05) is 26.7 Å². The molecule has 2 aromatic carbocycles. The Balaban J connectivity index is 2.02. The Bertz CT molecular complexity index is 672. The fourth-order valence-corrected chi connectivity index (χ4v) is 2.66. The molecule has 2 atom stereocenters. The first-order valence-corrected chi connectivity index (χ1v) is 8.94. The first kappa shape index (κ1) is 19.9. The molecule has 0 bridgehead atoms. The average Bonchev–Trinajstić information content (AvgIpc) is 2.68. The van der Waals surface area contributed by atoms with Gasteiger partial charge in [-0.25, -0.2) is 4.99 Å². The van der Waals surface area contributed by atoms with Crippen molar-refractivity contribution < 1.29 is 9.84 Å². The standard InChI is InChI=1S/C21H29N3O2/c1-4-22-20(23-15-19(26-3)17-11-7-5-8-12-17)24-16-21(2,25)18-13-9-6-10-14-18/h5-14,19,25H,4,15-16H2,1-3H3,(H2,22,23,24). The summed E-state index contributed by atoms with van der Waals surface area (Å²) < 4.78 is 5.58. The topological polar surface area (TPSA) is 65.9 Å². The van der Waals surface area contributed by atoms with Gasteiger partial charge < -0.3 is 20.5 Å². The Morgan fingerprint density at radius 3 is 2.27 bits per heavy atom. The highest BCUT2D eigenvalue weighted by Gasteiger charge is 2.22. The van der Waals surface area contributed by atoms with E-state index < -0.39 is 5.60 Å². The lowest BCUT2D eigenvalue weighted by Gasteiger charge is -2.23. The molecule has 3 N–H and O–H groups in total. The van der Waals surface area contributed by atoms with E-state index in [1.807, 2.05) is 67.6 Å². The molecule has 0 amide bonds. The van der Waals surface area contributed by atoms with Gasteiger partial charge in [0.2, 0.25) is 0 Å². The monoisotopic (exact) mass is 355 g/mol. The summed E-state index contributed by atoms with van der Waals surface area (Å²) in [4.78, 5) is 4.55. The maximum Gasteiger partial charge on any atom is 0.191 e. The van der Waals surface area contributed by atoms with Crippen LogP contribution in [0.5, 0.6) is 0 Å². The predicted octanol–water partition coefficient (Wildman–Crippen LogP) is 2.84. The van der Waals surface area contributed by atoms with E-state index in [4.69, 9.17) is 4.74 Å². The summed E-state index contributed by atoms with van der Waals surface area (Å²) in [5, 5.41) is 17.2. The average molecular weight is 355 g/mol. The normalized spacial score (nSPS) is 15.2. The Morgan fingerprint density at radius 1 is 1.08 bits per heavy atom. The number of hydrogen-bond donors (Lipinski definition) is 3. The van der Waals surface area contributed by atoms with E-state index in [0.717, 1.165) is 17.7 Å². The van der Waals surface area contributed by atoms with Crippen LogP contribution >= 0.6 is 0 Å². The van der Waals surface area contributed by atoms with E-state index in [-0.39, 0.29) is 12.6 Å². The zero-order valence-corrected chi connectivity index (χ0v) is 15.8. The zero-order valence-electron chi connectivity index (χ0n) is 15.8. The van der Waals surface area contributed by atoms with E-state index >= 15 is 0 Å². The van der Waals surface area contributed by atoms with E-state index in [0.29, 0.717) is 12.5 Å². The van der Waals surface area contributed by atoms with Gasteiger partial charge in [-0.15, -0.1) is 0 Å². The van der Waals surface area contributed by atoms with Crippen LogP contribution < -0.4 is 10.6 Å². The van der Waals surface area contributed by atoms with Crippen molar-refractivity contribution in [2.45, 2.75) is 25.6 Å². The van der Waals surface area contributed by atoms with Gasteiger partial charge in [0.15, 0.2) is 5.96 Å². The molecule has 5 heteroatoms. The summed E-state index contributed by atoms with van der Waals surface area (Å²) in [5.41, 5.74) is 0.928. The van der Waals surface area contributed by atoms with Crippen molar-refractivity contribution in [1.29, 1.82) is 0 Å². The molecule has 0 heterocycles. The first-order valence-electron chi connectivity index (χ1n) is 8.94. The fourth-order valence-electron chi connectivity index (χ4n) is 2.66. The second kappa shape index (κ2) is 9.94. The van der Waals surface area contributed by atoms with Crippen molar-refractivity contribution >= 4 is 5.96 Å². The highest BCUT2D eigenvalue weighted by Crippen LogP contribution is 2.20. The Labute approximate surface area is 156 Å². The zero-order chi connectivity index (χ0) is 18.8. The van der Waals surface area contributed by atoms with Crippen LogP contribution in [0, 0.1) is 0 Å². The summed E-state index contributed by atoms with van der Waals surface area (Å²) >= 11 is 0. The smallest absolute Gasteiger partial charge is 0.191 e. The molecular formula is C21H29N3O2. The van der Waals surface area contributed by atoms with Crippen LogP contribution in [0.15, 0.2) is 65.7 Å². The van der Waals surface area contributed by atoms with Gasteiger partial charge in [-0.05, 0) is 25.0 Å². The Kier molecular flexibility index (Phi) is 7.63. The quantitative estimate of drug-likeness (QED) is 0.503. The molecule has 26 heavy (non-hydrogen) atoms. The minimum absolute atomic E-state index is 0.0744. The molecule has 0 aliphatic heterocycles. The number of aliphatic imine (C=N–C) groups is 1. The minimum Gasteiger partial charge on any atom is -0.384 e. The maximum atomic E-state index is 10.7.